The van der Waals surface area contributed by atoms with Crippen molar-refractivity contribution in [2.75, 3.05) is 0 Å². The highest BCUT2D eigenvalue weighted by Gasteiger charge is 2.23. The first-order chi connectivity index (χ1) is 9.91. The second kappa shape index (κ2) is 6.37. The Labute approximate surface area is 128 Å². The maximum Gasteiger partial charge on any atom is 0.160 e. The molecule has 0 aromatic heterocycles. The van der Waals surface area contributed by atoms with E-state index in [0.717, 1.165) is 16.2 Å². The van der Waals surface area contributed by atoms with E-state index in [2.05, 4.69) is 39.5 Å². The zero-order valence-electron chi connectivity index (χ0n) is 13.1. The highest BCUT2D eigenvalue weighted by Crippen LogP contribution is 2.50. The fourth-order valence-corrected chi connectivity index (χ4v) is 4.95. The van der Waals surface area contributed by atoms with E-state index < -0.39 is 7.92 Å². The summed E-state index contributed by atoms with van der Waals surface area (Å²) in [5.41, 5.74) is 4.98. The molecule has 21 heavy (non-hydrogen) atoms. The van der Waals surface area contributed by atoms with Crippen LogP contribution in [-0.4, -0.2) is 5.52 Å². The van der Waals surface area contributed by atoms with Crippen LogP contribution in [0.1, 0.15) is 29.2 Å². The highest BCUT2D eigenvalue weighted by molar-refractivity contribution is 7.89. The number of rotatable bonds is 4. The number of carbonyl (C=O) groups is 1. The van der Waals surface area contributed by atoms with E-state index in [1.807, 2.05) is 30.3 Å². The lowest BCUT2D eigenvalue weighted by atomic mass is 10.00. The van der Waals surface area contributed by atoms with E-state index in [1.165, 1.54) is 16.7 Å². The van der Waals surface area contributed by atoms with E-state index in [0.29, 0.717) is 0 Å². The molecule has 2 heteroatoms. The number of carbonyl (C=O) groups excluding carboxylic acids is 1. The van der Waals surface area contributed by atoms with E-state index >= 15 is 0 Å². The quantitative estimate of drug-likeness (QED) is 0.731. The molecule has 0 fully saturated rings. The van der Waals surface area contributed by atoms with Crippen LogP contribution < -0.4 is 5.30 Å². The van der Waals surface area contributed by atoms with Crippen LogP contribution in [-0.2, 0) is 4.79 Å². The third-order valence-corrected chi connectivity index (χ3v) is 5.77. The largest absolute Gasteiger partial charge is 0.294 e. The lowest BCUT2D eigenvalue weighted by molar-refractivity contribution is -0.109. The maximum absolute atomic E-state index is 12.2. The van der Waals surface area contributed by atoms with Crippen molar-refractivity contribution in [1.29, 1.82) is 0 Å². The average molecular weight is 296 g/mol. The van der Waals surface area contributed by atoms with Gasteiger partial charge in [-0.2, -0.15) is 0 Å². The summed E-state index contributed by atoms with van der Waals surface area (Å²) in [4.78, 5) is 12.2. The molecule has 1 atom stereocenters. The molecule has 0 spiro atoms. The Morgan fingerprint density at radius 1 is 1.00 bits per heavy atom. The number of hydrogen-bond donors (Lipinski definition) is 0. The van der Waals surface area contributed by atoms with Crippen LogP contribution in [0.5, 0.6) is 0 Å². The summed E-state index contributed by atoms with van der Waals surface area (Å²) in [6, 6.07) is 14.3. The Kier molecular flexibility index (Phi) is 4.75. The highest BCUT2D eigenvalue weighted by atomic mass is 31.1. The molecule has 1 nitrogen and oxygen atoms in total. The van der Waals surface area contributed by atoms with Crippen molar-refractivity contribution in [3.8, 4) is 0 Å². The molecule has 108 valence electrons. The summed E-state index contributed by atoms with van der Waals surface area (Å²) < 4.78 is 0. The third-order valence-electron chi connectivity index (χ3n) is 3.56. The van der Waals surface area contributed by atoms with Crippen LogP contribution in [0.15, 0.2) is 49.0 Å². The standard InChI is InChI=1S/C19H21OP/c1-13-11-14(2)19(15(3)12-13)16(4)21(17(5)20)18-9-7-6-8-10-18/h6-12H,4H2,1-3,5H3. The van der Waals surface area contributed by atoms with Gasteiger partial charge in [0.2, 0.25) is 0 Å². The second-order valence-electron chi connectivity index (χ2n) is 5.41. The summed E-state index contributed by atoms with van der Waals surface area (Å²) in [6.45, 7) is 12.2. The van der Waals surface area contributed by atoms with Crippen LogP contribution in [0.2, 0.25) is 0 Å². The molecular weight excluding hydrogens is 275 g/mol. The number of aryl methyl sites for hydroxylation is 3. The van der Waals surface area contributed by atoms with E-state index in [4.69, 9.17) is 0 Å². The second-order valence-corrected chi connectivity index (χ2v) is 7.77. The fourth-order valence-electron chi connectivity index (χ4n) is 2.85. The van der Waals surface area contributed by atoms with Gasteiger partial charge in [-0.25, -0.2) is 0 Å². The predicted molar refractivity (Wildman–Crippen MR) is 93.4 cm³/mol. The van der Waals surface area contributed by atoms with Crippen molar-refractivity contribution in [2.45, 2.75) is 27.7 Å². The average Bonchev–Trinajstić information content (AvgIpc) is 2.38. The van der Waals surface area contributed by atoms with E-state index in [1.54, 1.807) is 6.92 Å². The zero-order valence-corrected chi connectivity index (χ0v) is 14.0. The van der Waals surface area contributed by atoms with Crippen molar-refractivity contribution in [3.63, 3.8) is 0 Å². The van der Waals surface area contributed by atoms with Gasteiger partial charge in [0.15, 0.2) is 5.52 Å². The van der Waals surface area contributed by atoms with Crippen LogP contribution in [0.4, 0.5) is 0 Å². The first-order valence-corrected chi connectivity index (χ1v) is 8.39. The van der Waals surface area contributed by atoms with Crippen LogP contribution in [0, 0.1) is 20.8 Å². The Morgan fingerprint density at radius 2 is 1.52 bits per heavy atom. The molecule has 2 rings (SSSR count). The Bertz CT molecular complexity index is 663. The minimum atomic E-state index is -1.03. The van der Waals surface area contributed by atoms with Gasteiger partial charge in [-0.05, 0) is 55.0 Å². The molecule has 0 bridgehead atoms. The molecule has 0 aliphatic heterocycles. The summed E-state index contributed by atoms with van der Waals surface area (Å²) in [5, 5.41) is 2.03. The lowest BCUT2D eigenvalue weighted by Crippen LogP contribution is -2.08. The van der Waals surface area contributed by atoms with Gasteiger partial charge in [-0.1, -0.05) is 54.6 Å². The van der Waals surface area contributed by atoms with E-state index in [-0.39, 0.29) is 5.52 Å². The van der Waals surface area contributed by atoms with Crippen LogP contribution in [0.25, 0.3) is 5.31 Å². The van der Waals surface area contributed by atoms with Crippen molar-refractivity contribution < 1.29 is 4.79 Å². The summed E-state index contributed by atoms with van der Waals surface area (Å²) in [5.74, 6) is 0. The molecule has 0 aliphatic rings. The predicted octanol–water partition coefficient (Wildman–Crippen LogP) is 4.94. The molecule has 0 N–H and O–H groups in total. The minimum absolute atomic E-state index is 0.195. The molecule has 0 saturated carbocycles. The Balaban J connectivity index is 2.53. The number of benzene rings is 2. The molecule has 0 amide bonds. The molecule has 1 unspecified atom stereocenters. The van der Waals surface area contributed by atoms with Gasteiger partial charge in [0.05, 0.1) is 0 Å². The Hall–Kier alpha value is -1.72. The third kappa shape index (κ3) is 3.31. The summed E-state index contributed by atoms with van der Waals surface area (Å²) >= 11 is 0. The molecular formula is C19H21OP. The van der Waals surface area contributed by atoms with Gasteiger partial charge in [-0.15, -0.1) is 0 Å². The topological polar surface area (TPSA) is 17.1 Å². The van der Waals surface area contributed by atoms with Crippen molar-refractivity contribution in [1.82, 2.24) is 0 Å². The molecule has 0 aliphatic carbocycles. The zero-order chi connectivity index (χ0) is 15.6. The maximum atomic E-state index is 12.2. The first kappa shape index (κ1) is 15.7. The lowest BCUT2D eigenvalue weighted by Gasteiger charge is -2.21. The van der Waals surface area contributed by atoms with Crippen LogP contribution >= 0.6 is 7.92 Å². The minimum Gasteiger partial charge on any atom is -0.294 e. The number of hydrogen-bond acceptors (Lipinski definition) is 1. The summed E-state index contributed by atoms with van der Waals surface area (Å²) in [6.07, 6.45) is 0. The van der Waals surface area contributed by atoms with Gasteiger partial charge in [0, 0.05) is 7.92 Å². The first-order valence-electron chi connectivity index (χ1n) is 7.04. The van der Waals surface area contributed by atoms with E-state index in [9.17, 15) is 4.79 Å². The normalized spacial score (nSPS) is 12.0. The van der Waals surface area contributed by atoms with Crippen molar-refractivity contribution in [3.05, 3.63) is 71.3 Å². The van der Waals surface area contributed by atoms with Gasteiger partial charge < -0.3 is 0 Å². The van der Waals surface area contributed by atoms with Gasteiger partial charge in [-0.3, -0.25) is 4.79 Å². The molecule has 0 radical (unpaired) electrons. The molecule has 2 aromatic rings. The van der Waals surface area contributed by atoms with Crippen LogP contribution in [0.3, 0.4) is 0 Å². The fraction of sp³-hybridized carbons (Fsp3) is 0.211. The van der Waals surface area contributed by atoms with Crippen molar-refractivity contribution in [2.24, 2.45) is 0 Å². The molecule has 0 heterocycles. The van der Waals surface area contributed by atoms with Crippen molar-refractivity contribution >= 4 is 24.1 Å². The summed E-state index contributed by atoms with van der Waals surface area (Å²) in [7, 11) is -1.03. The Morgan fingerprint density at radius 3 is 2.00 bits per heavy atom. The molecule has 2 aromatic carbocycles. The van der Waals surface area contributed by atoms with Gasteiger partial charge >= 0.3 is 0 Å². The monoisotopic (exact) mass is 296 g/mol. The molecule has 0 saturated heterocycles. The SMILES string of the molecule is C=C(c1c(C)cc(C)cc1C)P(C(C)=O)c1ccccc1. The van der Waals surface area contributed by atoms with Gasteiger partial charge in [0.1, 0.15) is 0 Å². The van der Waals surface area contributed by atoms with Gasteiger partial charge in [0.25, 0.3) is 0 Å². The smallest absolute Gasteiger partial charge is 0.160 e.